The van der Waals surface area contributed by atoms with Crippen LogP contribution in [0.25, 0.3) is 5.69 Å². The average Bonchev–Trinajstić information content (AvgIpc) is 3.04. The molecule has 1 saturated heterocycles. The van der Waals surface area contributed by atoms with E-state index in [1.54, 1.807) is 0 Å². The Morgan fingerprint density at radius 1 is 1.22 bits per heavy atom. The maximum absolute atomic E-state index is 10.4. The van der Waals surface area contributed by atoms with Gasteiger partial charge in [0.05, 0.1) is 19.3 Å². The summed E-state index contributed by atoms with van der Waals surface area (Å²) >= 11 is 0. The van der Waals surface area contributed by atoms with Crippen molar-refractivity contribution >= 4 is 0 Å². The molecule has 1 aromatic carbocycles. The van der Waals surface area contributed by atoms with Crippen LogP contribution < -0.4 is 0 Å². The third kappa shape index (κ3) is 3.99. The van der Waals surface area contributed by atoms with Crippen LogP contribution in [0.4, 0.5) is 0 Å². The Morgan fingerprint density at radius 2 is 1.96 bits per heavy atom. The predicted octanol–water partition coefficient (Wildman–Crippen LogP) is 2.19. The normalized spacial score (nSPS) is 17.3. The van der Waals surface area contributed by atoms with Crippen LogP contribution in [-0.4, -0.2) is 52.4 Å². The second-order valence-corrected chi connectivity index (χ2v) is 5.98. The number of nitrogens with zero attached hydrogens (tertiary/aromatic N) is 3. The molecule has 124 valence electrons. The largest absolute Gasteiger partial charge is 0.387 e. The van der Waals surface area contributed by atoms with Gasteiger partial charge in [-0.15, -0.1) is 0 Å². The molecular formula is C18H25N3O2. The van der Waals surface area contributed by atoms with Crippen molar-refractivity contribution in [3.63, 3.8) is 0 Å². The Bertz CT molecular complexity index is 603. The van der Waals surface area contributed by atoms with Crippen LogP contribution in [0.3, 0.4) is 0 Å². The fourth-order valence-electron chi connectivity index (χ4n) is 2.97. The summed E-state index contributed by atoms with van der Waals surface area (Å²) in [7, 11) is 0. The summed E-state index contributed by atoms with van der Waals surface area (Å²) in [4.78, 5) is 6.66. The van der Waals surface area contributed by atoms with Crippen molar-refractivity contribution in [2.45, 2.75) is 25.9 Å². The lowest BCUT2D eigenvalue weighted by Crippen LogP contribution is -2.38. The lowest BCUT2D eigenvalue weighted by atomic mass is 10.1. The van der Waals surface area contributed by atoms with Gasteiger partial charge in [-0.2, -0.15) is 0 Å². The monoisotopic (exact) mass is 315 g/mol. The number of aliphatic hydroxyl groups is 1. The van der Waals surface area contributed by atoms with Gasteiger partial charge in [-0.1, -0.05) is 19.1 Å². The minimum absolute atomic E-state index is 0.458. The molecule has 1 atom stereocenters. The first-order valence-corrected chi connectivity index (χ1v) is 8.38. The first kappa shape index (κ1) is 16.2. The van der Waals surface area contributed by atoms with E-state index < -0.39 is 6.10 Å². The Kier molecular flexibility index (Phi) is 5.43. The highest BCUT2D eigenvalue weighted by Crippen LogP contribution is 2.19. The van der Waals surface area contributed by atoms with Crippen molar-refractivity contribution in [2.75, 3.05) is 32.8 Å². The Balaban J connectivity index is 1.67. The zero-order chi connectivity index (χ0) is 16.1. The number of ether oxygens (including phenoxy) is 1. The summed E-state index contributed by atoms with van der Waals surface area (Å²) in [5.74, 6) is 1.08. The van der Waals surface area contributed by atoms with E-state index >= 15 is 0 Å². The topological polar surface area (TPSA) is 50.5 Å². The summed E-state index contributed by atoms with van der Waals surface area (Å²) in [6.07, 6.45) is 5.41. The molecule has 0 aliphatic carbocycles. The molecule has 23 heavy (non-hydrogen) atoms. The number of rotatable bonds is 6. The van der Waals surface area contributed by atoms with E-state index in [1.807, 2.05) is 24.5 Å². The third-order valence-electron chi connectivity index (χ3n) is 4.28. The molecule has 1 aromatic heterocycles. The molecule has 0 spiro atoms. The number of aryl methyl sites for hydroxylation is 1. The number of morpholine rings is 1. The third-order valence-corrected chi connectivity index (χ3v) is 4.28. The van der Waals surface area contributed by atoms with E-state index in [0.29, 0.717) is 6.54 Å². The molecule has 0 bridgehead atoms. The van der Waals surface area contributed by atoms with Gasteiger partial charge in [-0.3, -0.25) is 4.90 Å². The molecule has 2 aromatic rings. The molecule has 0 amide bonds. The zero-order valence-corrected chi connectivity index (χ0v) is 13.7. The van der Waals surface area contributed by atoms with Crippen molar-refractivity contribution in [3.8, 4) is 5.69 Å². The van der Waals surface area contributed by atoms with E-state index in [-0.39, 0.29) is 0 Å². The van der Waals surface area contributed by atoms with E-state index in [1.165, 1.54) is 0 Å². The average molecular weight is 315 g/mol. The van der Waals surface area contributed by atoms with Gasteiger partial charge in [0.15, 0.2) is 0 Å². The molecule has 5 heteroatoms. The number of hydrogen-bond donors (Lipinski definition) is 1. The van der Waals surface area contributed by atoms with Gasteiger partial charge in [-0.25, -0.2) is 4.98 Å². The standard InChI is InChI=1S/C18H25N3O2/c1-2-3-18-19-8-9-21(18)16-6-4-15(5-7-16)17(22)14-20-10-12-23-13-11-20/h4-9,17,22H,2-3,10-14H2,1H3/t17-/m1/s1. The highest BCUT2D eigenvalue weighted by atomic mass is 16.5. The maximum atomic E-state index is 10.4. The summed E-state index contributed by atoms with van der Waals surface area (Å²) in [6, 6.07) is 8.13. The Labute approximate surface area is 137 Å². The fourth-order valence-corrected chi connectivity index (χ4v) is 2.97. The van der Waals surface area contributed by atoms with Crippen LogP contribution in [0.15, 0.2) is 36.7 Å². The number of aromatic nitrogens is 2. The second-order valence-electron chi connectivity index (χ2n) is 5.98. The van der Waals surface area contributed by atoms with E-state index in [2.05, 4.69) is 33.5 Å². The van der Waals surface area contributed by atoms with Crippen molar-refractivity contribution in [3.05, 3.63) is 48.0 Å². The van der Waals surface area contributed by atoms with Crippen LogP contribution in [0.1, 0.15) is 30.8 Å². The molecule has 0 saturated carbocycles. The van der Waals surface area contributed by atoms with Crippen molar-refractivity contribution in [2.24, 2.45) is 0 Å². The van der Waals surface area contributed by atoms with E-state index in [0.717, 1.165) is 56.2 Å². The summed E-state index contributed by atoms with van der Waals surface area (Å²) in [5, 5.41) is 10.4. The molecule has 3 rings (SSSR count). The molecule has 1 aliphatic rings. The van der Waals surface area contributed by atoms with Gasteiger partial charge in [0.25, 0.3) is 0 Å². The van der Waals surface area contributed by atoms with E-state index in [9.17, 15) is 5.11 Å². The SMILES string of the molecule is CCCc1nccn1-c1ccc([C@H](O)CN2CCOCC2)cc1. The first-order valence-electron chi connectivity index (χ1n) is 8.38. The number of hydrogen-bond acceptors (Lipinski definition) is 4. The lowest BCUT2D eigenvalue weighted by molar-refractivity contribution is 0.0143. The highest BCUT2D eigenvalue weighted by Gasteiger charge is 2.16. The highest BCUT2D eigenvalue weighted by molar-refractivity contribution is 5.36. The van der Waals surface area contributed by atoms with Gasteiger partial charge in [-0.05, 0) is 24.1 Å². The van der Waals surface area contributed by atoms with Crippen LogP contribution in [0.5, 0.6) is 0 Å². The minimum Gasteiger partial charge on any atom is -0.387 e. The molecule has 1 N–H and O–H groups in total. The molecule has 2 heterocycles. The number of β-amino-alcohol motifs (C(OH)–C–C–N with tert-alkyl or cyclic N) is 1. The van der Waals surface area contributed by atoms with Crippen molar-refractivity contribution in [1.29, 1.82) is 0 Å². The second kappa shape index (κ2) is 7.73. The van der Waals surface area contributed by atoms with Gasteiger partial charge in [0, 0.05) is 44.1 Å². The molecule has 1 fully saturated rings. The van der Waals surface area contributed by atoms with Gasteiger partial charge in [0.1, 0.15) is 5.82 Å². The minimum atomic E-state index is -0.458. The van der Waals surface area contributed by atoms with Crippen LogP contribution >= 0.6 is 0 Å². The molecule has 0 unspecified atom stereocenters. The van der Waals surface area contributed by atoms with Crippen molar-refractivity contribution < 1.29 is 9.84 Å². The Morgan fingerprint density at radius 3 is 2.65 bits per heavy atom. The maximum Gasteiger partial charge on any atom is 0.113 e. The van der Waals surface area contributed by atoms with Crippen LogP contribution in [0, 0.1) is 0 Å². The van der Waals surface area contributed by atoms with Gasteiger partial charge < -0.3 is 14.4 Å². The molecular weight excluding hydrogens is 290 g/mol. The predicted molar refractivity (Wildman–Crippen MR) is 89.8 cm³/mol. The van der Waals surface area contributed by atoms with Crippen LogP contribution in [0.2, 0.25) is 0 Å². The van der Waals surface area contributed by atoms with Gasteiger partial charge in [0.2, 0.25) is 0 Å². The summed E-state index contributed by atoms with van der Waals surface area (Å²) < 4.78 is 7.46. The number of imidazole rings is 1. The number of aliphatic hydroxyl groups excluding tert-OH is 1. The van der Waals surface area contributed by atoms with E-state index in [4.69, 9.17) is 4.74 Å². The molecule has 0 radical (unpaired) electrons. The molecule has 1 aliphatic heterocycles. The Hall–Kier alpha value is -1.69. The molecule has 5 nitrogen and oxygen atoms in total. The zero-order valence-electron chi connectivity index (χ0n) is 13.7. The number of benzene rings is 1. The van der Waals surface area contributed by atoms with Gasteiger partial charge >= 0.3 is 0 Å². The fraction of sp³-hybridized carbons (Fsp3) is 0.500. The summed E-state index contributed by atoms with van der Waals surface area (Å²) in [6.45, 7) is 6.12. The smallest absolute Gasteiger partial charge is 0.113 e. The van der Waals surface area contributed by atoms with Crippen LogP contribution in [-0.2, 0) is 11.2 Å². The summed E-state index contributed by atoms with van der Waals surface area (Å²) in [5.41, 5.74) is 2.05. The lowest BCUT2D eigenvalue weighted by Gasteiger charge is -2.28. The first-order chi connectivity index (χ1) is 11.3. The quantitative estimate of drug-likeness (QED) is 0.888. The van der Waals surface area contributed by atoms with Crippen molar-refractivity contribution in [1.82, 2.24) is 14.5 Å².